The molecule has 178 valence electrons. The van der Waals surface area contributed by atoms with Crippen LogP contribution in [0.25, 0.3) is 11.0 Å². The maximum atomic E-state index is 12.9. The molecular weight excluding hydrogens is 468 g/mol. The number of rotatable bonds is 8. The van der Waals surface area contributed by atoms with E-state index in [9.17, 15) is 13.2 Å². The average molecular weight is 497 g/mol. The lowest BCUT2D eigenvalue weighted by Gasteiger charge is -2.18. The van der Waals surface area contributed by atoms with Crippen LogP contribution in [0.4, 0.5) is 0 Å². The summed E-state index contributed by atoms with van der Waals surface area (Å²) in [6.07, 6.45) is 0.714. The van der Waals surface area contributed by atoms with Gasteiger partial charge in [0.15, 0.2) is 0 Å². The third kappa shape index (κ3) is 4.91. The van der Waals surface area contributed by atoms with E-state index < -0.39 is 10.0 Å². The van der Waals surface area contributed by atoms with Crippen LogP contribution in [0.5, 0.6) is 0 Å². The fourth-order valence-corrected chi connectivity index (χ4v) is 5.54. The van der Waals surface area contributed by atoms with Crippen molar-refractivity contribution < 1.29 is 13.2 Å². The van der Waals surface area contributed by atoms with Crippen LogP contribution in [0.2, 0.25) is 0 Å². The Kier molecular flexibility index (Phi) is 6.88. The molecule has 1 N–H and O–H groups in total. The monoisotopic (exact) mass is 496 g/mol. The number of aryl methyl sites for hydroxylation is 3. The third-order valence-electron chi connectivity index (χ3n) is 5.84. The molecule has 0 saturated carbocycles. The van der Waals surface area contributed by atoms with E-state index in [4.69, 9.17) is 0 Å². The van der Waals surface area contributed by atoms with E-state index in [1.54, 1.807) is 29.5 Å². The molecule has 0 spiro atoms. The molecule has 0 radical (unpaired) electrons. The third-order valence-corrected chi connectivity index (χ3v) is 8.59. The van der Waals surface area contributed by atoms with Crippen molar-refractivity contribution in [1.82, 2.24) is 19.2 Å². The van der Waals surface area contributed by atoms with Gasteiger partial charge in [0.1, 0.15) is 5.82 Å². The van der Waals surface area contributed by atoms with Gasteiger partial charge in [-0.15, -0.1) is 11.3 Å². The van der Waals surface area contributed by atoms with Gasteiger partial charge in [0, 0.05) is 38.9 Å². The molecule has 4 rings (SSSR count). The van der Waals surface area contributed by atoms with Crippen molar-refractivity contribution in [3.8, 4) is 0 Å². The summed E-state index contributed by atoms with van der Waals surface area (Å²) in [5.74, 6) is 0.662. The lowest BCUT2D eigenvalue weighted by molar-refractivity contribution is -0.121. The van der Waals surface area contributed by atoms with E-state index in [0.717, 1.165) is 21.8 Å². The van der Waals surface area contributed by atoms with Gasteiger partial charge in [-0.2, -0.15) is 0 Å². The highest BCUT2D eigenvalue weighted by Crippen LogP contribution is 2.27. The quantitative estimate of drug-likeness (QED) is 0.399. The van der Waals surface area contributed by atoms with E-state index in [2.05, 4.69) is 10.3 Å². The predicted octanol–water partition coefficient (Wildman–Crippen LogP) is 4.03. The van der Waals surface area contributed by atoms with Crippen LogP contribution < -0.4 is 5.32 Å². The number of thiophene rings is 1. The molecule has 9 heteroatoms. The van der Waals surface area contributed by atoms with Crippen LogP contribution in [-0.2, 0) is 28.3 Å². The fourth-order valence-electron chi connectivity index (χ4n) is 3.82. The predicted molar refractivity (Wildman–Crippen MR) is 135 cm³/mol. The standard InChI is InChI=1S/C25H28N4O3S2/c1-17-7-9-18(10-8-17)25(22-6-5-15-33-22)27-24(30)14-13-23-26-20-16-19(34(31,32)28(2)3)11-12-21(20)29(23)4/h5-12,15-16,25H,13-14H2,1-4H3,(H,27,30). The molecule has 1 atom stereocenters. The van der Waals surface area contributed by atoms with Crippen molar-refractivity contribution in [2.75, 3.05) is 14.1 Å². The first-order chi connectivity index (χ1) is 16.2. The van der Waals surface area contributed by atoms with Gasteiger partial charge in [0.25, 0.3) is 0 Å². The van der Waals surface area contributed by atoms with Gasteiger partial charge in [-0.3, -0.25) is 4.79 Å². The Hall–Kier alpha value is -3.01. The molecule has 2 heterocycles. The Labute approximate surface area is 204 Å². The second-order valence-corrected chi connectivity index (χ2v) is 11.6. The summed E-state index contributed by atoms with van der Waals surface area (Å²) in [4.78, 5) is 18.8. The summed E-state index contributed by atoms with van der Waals surface area (Å²) in [5.41, 5.74) is 3.63. The minimum Gasteiger partial charge on any atom is -0.344 e. The van der Waals surface area contributed by atoms with E-state index in [-0.39, 0.29) is 23.3 Å². The minimum absolute atomic E-state index is 0.0677. The highest BCUT2D eigenvalue weighted by atomic mass is 32.2. The Morgan fingerprint density at radius 2 is 1.88 bits per heavy atom. The first-order valence-electron chi connectivity index (χ1n) is 10.9. The average Bonchev–Trinajstić information content (AvgIpc) is 3.45. The number of hydrogen-bond acceptors (Lipinski definition) is 5. The summed E-state index contributed by atoms with van der Waals surface area (Å²) >= 11 is 1.61. The smallest absolute Gasteiger partial charge is 0.242 e. The molecule has 0 saturated heterocycles. The second kappa shape index (κ2) is 9.69. The lowest BCUT2D eigenvalue weighted by atomic mass is 10.0. The first kappa shape index (κ1) is 24.1. The maximum Gasteiger partial charge on any atom is 0.242 e. The van der Waals surface area contributed by atoms with Gasteiger partial charge in [0.2, 0.25) is 15.9 Å². The lowest BCUT2D eigenvalue weighted by Crippen LogP contribution is -2.29. The number of amides is 1. The van der Waals surface area contributed by atoms with Crippen molar-refractivity contribution >= 4 is 38.3 Å². The molecule has 2 aromatic heterocycles. The fraction of sp³-hybridized carbons (Fsp3) is 0.280. The molecule has 1 unspecified atom stereocenters. The number of sulfonamides is 1. The van der Waals surface area contributed by atoms with Crippen LogP contribution >= 0.6 is 11.3 Å². The van der Waals surface area contributed by atoms with E-state index >= 15 is 0 Å². The zero-order valence-corrected chi connectivity index (χ0v) is 21.3. The van der Waals surface area contributed by atoms with Crippen LogP contribution in [0.3, 0.4) is 0 Å². The number of fused-ring (bicyclic) bond motifs is 1. The number of nitrogens with zero attached hydrogens (tertiary/aromatic N) is 3. The highest BCUT2D eigenvalue weighted by molar-refractivity contribution is 7.89. The Balaban J connectivity index is 1.51. The van der Waals surface area contributed by atoms with Crippen molar-refractivity contribution in [2.45, 2.75) is 30.7 Å². The van der Waals surface area contributed by atoms with Crippen LogP contribution in [0, 0.1) is 6.92 Å². The van der Waals surface area contributed by atoms with Crippen LogP contribution in [-0.4, -0.2) is 42.3 Å². The minimum atomic E-state index is -3.54. The highest BCUT2D eigenvalue weighted by Gasteiger charge is 2.21. The topological polar surface area (TPSA) is 84.3 Å². The SMILES string of the molecule is Cc1ccc(C(NC(=O)CCc2nc3cc(S(=O)(=O)N(C)C)ccc3n2C)c2cccs2)cc1. The normalized spacial score (nSPS) is 12.9. The summed E-state index contributed by atoms with van der Waals surface area (Å²) in [6.45, 7) is 2.04. The molecule has 0 fully saturated rings. The molecule has 0 bridgehead atoms. The van der Waals surface area contributed by atoms with Crippen molar-refractivity contribution in [3.63, 3.8) is 0 Å². The van der Waals surface area contributed by atoms with E-state index in [1.807, 2.05) is 60.3 Å². The molecule has 34 heavy (non-hydrogen) atoms. The van der Waals surface area contributed by atoms with Gasteiger partial charge < -0.3 is 9.88 Å². The summed E-state index contributed by atoms with van der Waals surface area (Å²) < 4.78 is 28.0. The van der Waals surface area contributed by atoms with Gasteiger partial charge in [-0.1, -0.05) is 35.9 Å². The van der Waals surface area contributed by atoms with Gasteiger partial charge in [0.05, 0.1) is 22.0 Å². The number of hydrogen-bond donors (Lipinski definition) is 1. The van der Waals surface area contributed by atoms with E-state index in [0.29, 0.717) is 11.9 Å². The number of imidazole rings is 1. The number of nitrogens with one attached hydrogen (secondary N) is 1. The second-order valence-electron chi connectivity index (χ2n) is 8.45. The Bertz CT molecular complexity index is 1410. The summed E-state index contributed by atoms with van der Waals surface area (Å²) in [6, 6.07) is 16.9. The summed E-state index contributed by atoms with van der Waals surface area (Å²) in [7, 11) is 1.34. The first-order valence-corrected chi connectivity index (χ1v) is 13.3. The molecule has 4 aromatic rings. The molecule has 7 nitrogen and oxygen atoms in total. The largest absolute Gasteiger partial charge is 0.344 e. The molecule has 0 aliphatic carbocycles. The van der Waals surface area contributed by atoms with Crippen LogP contribution in [0.15, 0.2) is 64.9 Å². The zero-order chi connectivity index (χ0) is 24.5. The molecule has 1 amide bonds. The van der Waals surface area contributed by atoms with Crippen molar-refractivity contribution in [2.24, 2.45) is 7.05 Å². The van der Waals surface area contributed by atoms with Crippen molar-refractivity contribution in [1.29, 1.82) is 0 Å². The zero-order valence-electron chi connectivity index (χ0n) is 19.6. The Morgan fingerprint density at radius 1 is 1.15 bits per heavy atom. The van der Waals surface area contributed by atoms with Gasteiger partial charge in [-0.05, 0) is 42.1 Å². The molecule has 0 aliphatic rings. The van der Waals surface area contributed by atoms with Gasteiger partial charge in [-0.25, -0.2) is 17.7 Å². The number of aromatic nitrogens is 2. The number of benzene rings is 2. The number of carbonyl (C=O) groups excluding carboxylic acids is 1. The molecule has 0 aliphatic heterocycles. The van der Waals surface area contributed by atoms with Gasteiger partial charge >= 0.3 is 0 Å². The maximum absolute atomic E-state index is 12.9. The molecular formula is C25H28N4O3S2. The summed E-state index contributed by atoms with van der Waals surface area (Å²) in [5, 5.41) is 5.18. The number of carbonyl (C=O) groups is 1. The Morgan fingerprint density at radius 3 is 2.53 bits per heavy atom. The van der Waals surface area contributed by atoms with E-state index in [1.165, 1.54) is 24.0 Å². The molecule has 2 aromatic carbocycles. The van der Waals surface area contributed by atoms with Crippen LogP contribution in [0.1, 0.15) is 34.3 Å². The van der Waals surface area contributed by atoms with Crippen molar-refractivity contribution in [3.05, 3.63) is 81.8 Å².